The highest BCUT2D eigenvalue weighted by atomic mass is 32.1. The number of nitrogens with one attached hydrogen (secondary N) is 2. The van der Waals surface area contributed by atoms with Gasteiger partial charge >= 0.3 is 0 Å². The van der Waals surface area contributed by atoms with Crippen molar-refractivity contribution in [1.29, 1.82) is 0 Å². The van der Waals surface area contributed by atoms with Crippen molar-refractivity contribution >= 4 is 33.3 Å². The smallest absolute Gasteiger partial charge is 0.240 e. The molecule has 0 atom stereocenters. The first-order valence-electron chi connectivity index (χ1n) is 7.41. The second-order valence-electron chi connectivity index (χ2n) is 5.55. The Balaban J connectivity index is 1.90. The summed E-state index contributed by atoms with van der Waals surface area (Å²) in [5.41, 5.74) is 2.57. The number of nitrogens with zero attached hydrogens (tertiary/aromatic N) is 3. The molecule has 1 saturated heterocycles. The van der Waals surface area contributed by atoms with Gasteiger partial charge in [-0.1, -0.05) is 6.92 Å². The molecule has 1 fully saturated rings. The molecule has 0 aliphatic carbocycles. The van der Waals surface area contributed by atoms with E-state index in [0.717, 1.165) is 48.4 Å². The molecule has 0 amide bonds. The van der Waals surface area contributed by atoms with Crippen LogP contribution in [-0.4, -0.2) is 41.0 Å². The molecule has 2 aromatic heterocycles. The van der Waals surface area contributed by atoms with Crippen LogP contribution in [0.25, 0.3) is 10.2 Å². The molecule has 114 valence electrons. The summed E-state index contributed by atoms with van der Waals surface area (Å²) >= 11 is 1.71. The monoisotopic (exact) mass is 306 g/mol. The molecule has 3 rings (SSSR count). The Labute approximate surface area is 128 Å². The summed E-state index contributed by atoms with van der Waals surface area (Å²) in [5.74, 6) is 6.87. The quantitative estimate of drug-likeness (QED) is 0.592. The van der Waals surface area contributed by atoms with Crippen LogP contribution in [-0.2, 0) is 6.42 Å². The number of nitrogen functional groups attached to an aromatic ring is 1. The van der Waals surface area contributed by atoms with Crippen LogP contribution in [0.15, 0.2) is 6.07 Å². The molecule has 21 heavy (non-hydrogen) atoms. The highest BCUT2D eigenvalue weighted by Crippen LogP contribution is 2.31. The van der Waals surface area contributed by atoms with E-state index in [1.54, 1.807) is 11.3 Å². The number of hydrazine groups is 1. The third-order valence-electron chi connectivity index (χ3n) is 3.98. The maximum Gasteiger partial charge on any atom is 0.240 e. The van der Waals surface area contributed by atoms with E-state index in [2.05, 4.69) is 45.6 Å². The van der Waals surface area contributed by atoms with E-state index in [1.807, 2.05) is 0 Å². The largest absolute Gasteiger partial charge is 0.367 e. The predicted molar refractivity (Wildman–Crippen MR) is 88.7 cm³/mol. The average molecular weight is 306 g/mol. The molecule has 1 aliphatic rings. The van der Waals surface area contributed by atoms with Crippen LogP contribution in [0.5, 0.6) is 0 Å². The van der Waals surface area contributed by atoms with Gasteiger partial charge in [0.05, 0.1) is 5.39 Å². The van der Waals surface area contributed by atoms with Crippen molar-refractivity contribution in [1.82, 2.24) is 14.9 Å². The first-order chi connectivity index (χ1) is 10.2. The molecule has 1 aliphatic heterocycles. The SMILES string of the molecule is CCc1cc2c(NC3CCN(C)CC3)nc(NN)nc2s1. The van der Waals surface area contributed by atoms with Gasteiger partial charge in [0.15, 0.2) is 0 Å². The van der Waals surface area contributed by atoms with E-state index in [4.69, 9.17) is 5.84 Å². The summed E-state index contributed by atoms with van der Waals surface area (Å²) in [6.45, 7) is 4.40. The second kappa shape index (κ2) is 6.13. The number of hydrogen-bond acceptors (Lipinski definition) is 7. The van der Waals surface area contributed by atoms with Crippen LogP contribution in [0, 0.1) is 0 Å². The number of anilines is 2. The molecule has 0 bridgehead atoms. The Morgan fingerprint density at radius 3 is 2.81 bits per heavy atom. The lowest BCUT2D eigenvalue weighted by Crippen LogP contribution is -2.37. The summed E-state index contributed by atoms with van der Waals surface area (Å²) in [7, 11) is 2.17. The van der Waals surface area contributed by atoms with Crippen LogP contribution in [0.1, 0.15) is 24.6 Å². The summed E-state index contributed by atoms with van der Waals surface area (Å²) in [5, 5.41) is 4.70. The molecule has 0 unspecified atom stereocenters. The minimum atomic E-state index is 0.468. The molecule has 4 N–H and O–H groups in total. The maximum atomic E-state index is 5.50. The normalized spacial score (nSPS) is 17.3. The lowest BCUT2D eigenvalue weighted by Gasteiger charge is -2.30. The van der Waals surface area contributed by atoms with Gasteiger partial charge in [0.2, 0.25) is 5.95 Å². The third-order valence-corrected chi connectivity index (χ3v) is 5.15. The van der Waals surface area contributed by atoms with Gasteiger partial charge < -0.3 is 10.2 Å². The average Bonchev–Trinajstić information content (AvgIpc) is 2.92. The standard InChI is InChI=1S/C14H22N6S/c1-3-10-8-11-12(16-9-4-6-20(2)7-5-9)17-14(19-15)18-13(11)21-10/h8-9H,3-7,15H2,1-2H3,(H2,16,17,18,19). The highest BCUT2D eigenvalue weighted by Gasteiger charge is 2.19. The Morgan fingerprint density at radius 2 is 2.14 bits per heavy atom. The number of aromatic nitrogens is 2. The molecule has 6 nitrogen and oxygen atoms in total. The van der Waals surface area contributed by atoms with E-state index >= 15 is 0 Å². The van der Waals surface area contributed by atoms with Gasteiger partial charge in [-0.2, -0.15) is 4.98 Å². The van der Waals surface area contributed by atoms with Crippen molar-refractivity contribution in [2.45, 2.75) is 32.2 Å². The molecule has 0 spiro atoms. The van der Waals surface area contributed by atoms with Gasteiger partial charge in [-0.25, -0.2) is 10.8 Å². The van der Waals surface area contributed by atoms with Gasteiger partial charge in [0, 0.05) is 10.9 Å². The van der Waals surface area contributed by atoms with E-state index < -0.39 is 0 Å². The predicted octanol–water partition coefficient (Wildman–Crippen LogP) is 2.05. The lowest BCUT2D eigenvalue weighted by molar-refractivity contribution is 0.264. The second-order valence-corrected chi connectivity index (χ2v) is 6.66. The number of aryl methyl sites for hydroxylation is 1. The Kier molecular flexibility index (Phi) is 4.23. The van der Waals surface area contributed by atoms with Gasteiger partial charge in [0.1, 0.15) is 10.6 Å². The number of fused-ring (bicyclic) bond motifs is 1. The zero-order valence-corrected chi connectivity index (χ0v) is 13.3. The number of piperidine rings is 1. The van der Waals surface area contributed by atoms with Crippen LogP contribution in [0.3, 0.4) is 0 Å². The number of nitrogens with two attached hydrogens (primary N) is 1. The van der Waals surface area contributed by atoms with Crippen LogP contribution in [0.2, 0.25) is 0 Å². The summed E-state index contributed by atoms with van der Waals surface area (Å²) in [6, 6.07) is 2.66. The van der Waals surface area contributed by atoms with Crippen molar-refractivity contribution in [3.63, 3.8) is 0 Å². The molecular weight excluding hydrogens is 284 g/mol. The van der Waals surface area contributed by atoms with E-state index in [1.165, 1.54) is 4.88 Å². The van der Waals surface area contributed by atoms with Gasteiger partial charge in [-0.15, -0.1) is 11.3 Å². The fourth-order valence-corrected chi connectivity index (χ4v) is 3.63. The lowest BCUT2D eigenvalue weighted by atomic mass is 10.1. The van der Waals surface area contributed by atoms with E-state index in [0.29, 0.717) is 12.0 Å². The first kappa shape index (κ1) is 14.5. The van der Waals surface area contributed by atoms with Crippen molar-refractivity contribution in [2.75, 3.05) is 30.9 Å². The Morgan fingerprint density at radius 1 is 1.38 bits per heavy atom. The number of thiophene rings is 1. The van der Waals surface area contributed by atoms with E-state index in [-0.39, 0.29) is 0 Å². The number of rotatable bonds is 4. The van der Waals surface area contributed by atoms with Gasteiger partial charge in [-0.05, 0) is 45.5 Å². The number of hydrogen-bond donors (Lipinski definition) is 3. The van der Waals surface area contributed by atoms with Crippen molar-refractivity contribution < 1.29 is 0 Å². The molecule has 2 aromatic rings. The zero-order chi connectivity index (χ0) is 14.8. The zero-order valence-electron chi connectivity index (χ0n) is 12.5. The molecular formula is C14H22N6S. The van der Waals surface area contributed by atoms with E-state index in [9.17, 15) is 0 Å². The number of likely N-dealkylation sites (tertiary alicyclic amines) is 1. The van der Waals surface area contributed by atoms with Crippen molar-refractivity contribution in [3.05, 3.63) is 10.9 Å². The van der Waals surface area contributed by atoms with Crippen molar-refractivity contribution in [3.8, 4) is 0 Å². The van der Waals surface area contributed by atoms with Crippen LogP contribution < -0.4 is 16.6 Å². The Bertz CT molecular complexity index is 617. The summed E-state index contributed by atoms with van der Waals surface area (Å²) < 4.78 is 0. The fourth-order valence-electron chi connectivity index (χ4n) is 2.67. The molecule has 0 saturated carbocycles. The van der Waals surface area contributed by atoms with Crippen molar-refractivity contribution in [2.24, 2.45) is 5.84 Å². The summed E-state index contributed by atoms with van der Waals surface area (Å²) in [6.07, 6.45) is 3.29. The topological polar surface area (TPSA) is 79.1 Å². The van der Waals surface area contributed by atoms with Gasteiger partial charge in [-0.3, -0.25) is 5.43 Å². The molecule has 0 radical (unpaired) electrons. The highest BCUT2D eigenvalue weighted by molar-refractivity contribution is 7.18. The minimum absolute atomic E-state index is 0.468. The maximum absolute atomic E-state index is 5.50. The van der Waals surface area contributed by atoms with Crippen LogP contribution >= 0.6 is 11.3 Å². The molecule has 0 aromatic carbocycles. The van der Waals surface area contributed by atoms with Gasteiger partial charge in [0.25, 0.3) is 0 Å². The van der Waals surface area contributed by atoms with Crippen LogP contribution in [0.4, 0.5) is 11.8 Å². The summed E-state index contributed by atoms with van der Waals surface area (Å²) in [4.78, 5) is 13.6. The first-order valence-corrected chi connectivity index (χ1v) is 8.23. The third kappa shape index (κ3) is 3.09. The minimum Gasteiger partial charge on any atom is -0.367 e. The molecule has 3 heterocycles. The Hall–Kier alpha value is -1.44. The molecule has 7 heteroatoms. The fraction of sp³-hybridized carbons (Fsp3) is 0.571.